The summed E-state index contributed by atoms with van der Waals surface area (Å²) < 4.78 is 0. The van der Waals surface area contributed by atoms with Crippen LogP contribution in [0.3, 0.4) is 0 Å². The van der Waals surface area contributed by atoms with Crippen LogP contribution in [0.5, 0.6) is 0 Å². The van der Waals surface area contributed by atoms with Gasteiger partial charge in [0.05, 0.1) is 13.0 Å². The Bertz CT molecular complexity index is 826. The van der Waals surface area contributed by atoms with E-state index in [2.05, 4.69) is 11.9 Å². The maximum atomic E-state index is 13.1. The summed E-state index contributed by atoms with van der Waals surface area (Å²) in [6, 6.07) is 7.61. The Morgan fingerprint density at radius 1 is 1.24 bits per heavy atom. The average molecular weight is 398 g/mol. The number of piperidine rings is 1. The fourth-order valence-electron chi connectivity index (χ4n) is 4.57. The normalized spacial score (nSPS) is 22.7. The monoisotopic (exact) mass is 397 g/mol. The van der Waals surface area contributed by atoms with Crippen molar-refractivity contribution in [3.8, 4) is 0 Å². The van der Waals surface area contributed by atoms with Crippen LogP contribution in [-0.2, 0) is 16.0 Å². The second kappa shape index (κ2) is 8.39. The lowest BCUT2D eigenvalue weighted by atomic mass is 9.75. The molecule has 2 fully saturated rings. The Morgan fingerprint density at radius 2 is 1.90 bits per heavy atom. The van der Waals surface area contributed by atoms with Crippen molar-refractivity contribution < 1.29 is 14.4 Å². The van der Waals surface area contributed by atoms with E-state index in [1.54, 1.807) is 0 Å². The van der Waals surface area contributed by atoms with Crippen LogP contribution in [0.4, 0.5) is 4.79 Å². The van der Waals surface area contributed by atoms with Crippen molar-refractivity contribution in [1.29, 1.82) is 0 Å². The van der Waals surface area contributed by atoms with E-state index in [0.29, 0.717) is 38.8 Å². The molecule has 6 nitrogen and oxygen atoms in total. The summed E-state index contributed by atoms with van der Waals surface area (Å²) in [7, 11) is 0. The van der Waals surface area contributed by atoms with E-state index in [4.69, 9.17) is 0 Å². The third-order valence-electron chi connectivity index (χ3n) is 6.34. The van der Waals surface area contributed by atoms with E-state index in [-0.39, 0.29) is 30.3 Å². The standard InChI is InChI=1S/C23H31N3O3/c1-5-23(21(28)26(15-16(2)3)22(29)24-23)19-10-12-25(13-11-19)20(27)14-18-9-7-6-8-17(18)4/h6-9,19H,2,5,10-15H2,1,3-4H3,(H,24,29)/t23-/m1/s1. The molecule has 2 aliphatic rings. The molecule has 1 aromatic carbocycles. The van der Waals surface area contributed by atoms with Gasteiger partial charge in [0.1, 0.15) is 5.54 Å². The molecular weight excluding hydrogens is 366 g/mol. The quantitative estimate of drug-likeness (QED) is 0.592. The zero-order valence-corrected chi connectivity index (χ0v) is 17.7. The molecule has 6 heteroatoms. The summed E-state index contributed by atoms with van der Waals surface area (Å²) >= 11 is 0. The van der Waals surface area contributed by atoms with Gasteiger partial charge in [-0.15, -0.1) is 0 Å². The molecule has 1 atom stereocenters. The zero-order chi connectivity index (χ0) is 21.2. The first-order valence-corrected chi connectivity index (χ1v) is 10.4. The molecule has 1 N–H and O–H groups in total. The Hall–Kier alpha value is -2.63. The van der Waals surface area contributed by atoms with Crippen molar-refractivity contribution >= 4 is 17.8 Å². The second-order valence-corrected chi connectivity index (χ2v) is 8.36. The van der Waals surface area contributed by atoms with Gasteiger partial charge in [0.2, 0.25) is 5.91 Å². The number of nitrogens with zero attached hydrogens (tertiary/aromatic N) is 2. The van der Waals surface area contributed by atoms with Crippen LogP contribution in [0.15, 0.2) is 36.4 Å². The first-order valence-electron chi connectivity index (χ1n) is 10.4. The molecule has 0 spiro atoms. The van der Waals surface area contributed by atoms with Gasteiger partial charge in [0.15, 0.2) is 0 Å². The molecule has 2 heterocycles. The molecule has 2 saturated heterocycles. The van der Waals surface area contributed by atoms with Crippen molar-refractivity contribution in [2.75, 3.05) is 19.6 Å². The number of benzene rings is 1. The third kappa shape index (κ3) is 4.07. The number of hydrogen-bond acceptors (Lipinski definition) is 3. The summed E-state index contributed by atoms with van der Waals surface area (Å²) in [5, 5.41) is 2.98. The first-order chi connectivity index (χ1) is 13.8. The van der Waals surface area contributed by atoms with E-state index >= 15 is 0 Å². The van der Waals surface area contributed by atoms with Crippen LogP contribution in [0.25, 0.3) is 0 Å². The van der Waals surface area contributed by atoms with Crippen LogP contribution >= 0.6 is 0 Å². The molecule has 1 aromatic rings. The summed E-state index contributed by atoms with van der Waals surface area (Å²) in [6.07, 6.45) is 2.37. The van der Waals surface area contributed by atoms with Gasteiger partial charge in [-0.1, -0.05) is 43.3 Å². The van der Waals surface area contributed by atoms with E-state index in [1.807, 2.05) is 49.9 Å². The molecule has 0 unspecified atom stereocenters. The minimum absolute atomic E-state index is 0.0292. The Morgan fingerprint density at radius 3 is 2.48 bits per heavy atom. The molecule has 0 saturated carbocycles. The molecule has 0 radical (unpaired) electrons. The fraction of sp³-hybridized carbons (Fsp3) is 0.522. The molecule has 4 amide bonds. The minimum atomic E-state index is -0.863. The molecule has 2 aliphatic heterocycles. The minimum Gasteiger partial charge on any atom is -0.342 e. The highest BCUT2D eigenvalue weighted by atomic mass is 16.2. The van der Waals surface area contributed by atoms with Gasteiger partial charge in [-0.2, -0.15) is 0 Å². The lowest BCUT2D eigenvalue weighted by molar-refractivity contribution is -0.135. The topological polar surface area (TPSA) is 69.7 Å². The predicted molar refractivity (Wildman–Crippen MR) is 112 cm³/mol. The number of nitrogens with one attached hydrogen (secondary N) is 1. The van der Waals surface area contributed by atoms with Gasteiger partial charge in [-0.05, 0) is 50.2 Å². The highest BCUT2D eigenvalue weighted by Gasteiger charge is 2.54. The van der Waals surface area contributed by atoms with Crippen molar-refractivity contribution in [2.24, 2.45) is 5.92 Å². The Balaban J connectivity index is 1.65. The van der Waals surface area contributed by atoms with Crippen LogP contribution in [0, 0.1) is 12.8 Å². The van der Waals surface area contributed by atoms with E-state index in [1.165, 1.54) is 4.90 Å². The second-order valence-electron chi connectivity index (χ2n) is 8.36. The van der Waals surface area contributed by atoms with Gasteiger partial charge < -0.3 is 10.2 Å². The summed E-state index contributed by atoms with van der Waals surface area (Å²) in [5.41, 5.74) is 2.09. The fourth-order valence-corrected chi connectivity index (χ4v) is 4.57. The maximum absolute atomic E-state index is 13.1. The van der Waals surface area contributed by atoms with Crippen LogP contribution in [0.1, 0.15) is 44.2 Å². The summed E-state index contributed by atoms with van der Waals surface area (Å²) in [5.74, 6) is -0.00624. The van der Waals surface area contributed by atoms with Gasteiger partial charge >= 0.3 is 6.03 Å². The van der Waals surface area contributed by atoms with Gasteiger partial charge in [0.25, 0.3) is 5.91 Å². The molecule has 3 rings (SSSR count). The smallest absolute Gasteiger partial charge is 0.325 e. The molecule has 156 valence electrons. The van der Waals surface area contributed by atoms with Crippen LogP contribution in [0.2, 0.25) is 0 Å². The number of carbonyl (C=O) groups is 3. The molecule has 0 aliphatic carbocycles. The summed E-state index contributed by atoms with van der Waals surface area (Å²) in [4.78, 5) is 41.5. The van der Waals surface area contributed by atoms with E-state index in [9.17, 15) is 14.4 Å². The molecule has 29 heavy (non-hydrogen) atoms. The van der Waals surface area contributed by atoms with Crippen LogP contribution in [-0.4, -0.2) is 52.8 Å². The van der Waals surface area contributed by atoms with E-state index in [0.717, 1.165) is 16.7 Å². The summed E-state index contributed by atoms with van der Waals surface area (Å²) in [6.45, 7) is 11.1. The number of urea groups is 1. The van der Waals surface area contributed by atoms with Gasteiger partial charge in [0, 0.05) is 13.1 Å². The lowest BCUT2D eigenvalue weighted by Crippen LogP contribution is -2.56. The number of likely N-dealkylation sites (tertiary alicyclic amines) is 1. The van der Waals surface area contributed by atoms with E-state index < -0.39 is 5.54 Å². The number of rotatable bonds is 6. The third-order valence-corrected chi connectivity index (χ3v) is 6.34. The SMILES string of the molecule is C=C(C)CN1C(=O)N[C@](CC)(C2CCN(C(=O)Cc3ccccc3C)CC2)C1=O. The van der Waals surface area contributed by atoms with Crippen molar-refractivity contribution in [3.63, 3.8) is 0 Å². The van der Waals surface area contributed by atoms with Gasteiger partial charge in [-0.3, -0.25) is 14.5 Å². The van der Waals surface area contributed by atoms with Crippen LogP contribution < -0.4 is 5.32 Å². The maximum Gasteiger partial charge on any atom is 0.325 e. The molecular formula is C23H31N3O3. The predicted octanol–water partition coefficient (Wildman–Crippen LogP) is 3.05. The first kappa shape index (κ1) is 21.1. The number of hydrogen-bond donors (Lipinski definition) is 1. The number of aryl methyl sites for hydroxylation is 1. The van der Waals surface area contributed by atoms with Crippen molar-refractivity contribution in [1.82, 2.24) is 15.1 Å². The number of carbonyl (C=O) groups excluding carboxylic acids is 3. The van der Waals surface area contributed by atoms with Crippen molar-refractivity contribution in [2.45, 2.75) is 52.0 Å². The highest BCUT2D eigenvalue weighted by Crippen LogP contribution is 2.36. The Labute approximate surface area is 172 Å². The van der Waals surface area contributed by atoms with Crippen molar-refractivity contribution in [3.05, 3.63) is 47.5 Å². The lowest BCUT2D eigenvalue weighted by Gasteiger charge is -2.40. The molecule has 0 bridgehead atoms. The number of imide groups is 1. The molecule has 0 aromatic heterocycles. The zero-order valence-electron chi connectivity index (χ0n) is 17.7. The number of amides is 4. The highest BCUT2D eigenvalue weighted by molar-refractivity contribution is 6.07. The largest absolute Gasteiger partial charge is 0.342 e. The Kier molecular flexibility index (Phi) is 6.10. The van der Waals surface area contributed by atoms with Gasteiger partial charge in [-0.25, -0.2) is 4.79 Å². The average Bonchev–Trinajstić information content (AvgIpc) is 2.94.